The number of aromatic nitrogens is 1. The molecule has 1 amide bonds. The molecule has 1 aliphatic rings. The van der Waals surface area contributed by atoms with E-state index in [9.17, 15) is 4.79 Å². The van der Waals surface area contributed by atoms with Crippen LogP contribution in [0.3, 0.4) is 0 Å². The normalized spacial score (nSPS) is 12.6. The minimum absolute atomic E-state index is 0.0939. The molecule has 0 saturated heterocycles. The first kappa shape index (κ1) is 18.8. The SMILES string of the molecule is CSc1cc2c(cc1NC(=O)Cc1csc(Cc3ccccc3)n1)OCCO2. The fourth-order valence-corrected chi connectivity index (χ4v) is 4.36. The number of hydrogen-bond donors (Lipinski definition) is 1. The Bertz CT molecular complexity index is 973. The van der Waals surface area contributed by atoms with Crippen LogP contribution in [0.15, 0.2) is 52.7 Å². The van der Waals surface area contributed by atoms with Gasteiger partial charge in [0.1, 0.15) is 13.2 Å². The molecule has 28 heavy (non-hydrogen) atoms. The predicted octanol–water partition coefficient (Wildman–Crippen LogP) is 4.41. The lowest BCUT2D eigenvalue weighted by atomic mass is 10.2. The highest BCUT2D eigenvalue weighted by Gasteiger charge is 2.17. The Hall–Kier alpha value is -2.51. The van der Waals surface area contributed by atoms with E-state index in [1.165, 1.54) is 5.56 Å². The molecule has 0 fully saturated rings. The Morgan fingerprint density at radius 2 is 1.93 bits per heavy atom. The van der Waals surface area contributed by atoms with E-state index < -0.39 is 0 Å². The first-order chi connectivity index (χ1) is 13.7. The molecule has 5 nitrogen and oxygen atoms in total. The zero-order valence-corrected chi connectivity index (χ0v) is 17.1. The summed E-state index contributed by atoms with van der Waals surface area (Å²) in [7, 11) is 0. The van der Waals surface area contributed by atoms with Gasteiger partial charge < -0.3 is 14.8 Å². The predicted molar refractivity (Wildman–Crippen MR) is 113 cm³/mol. The Labute approximate surface area is 172 Å². The molecule has 2 aromatic carbocycles. The molecule has 144 valence electrons. The van der Waals surface area contributed by atoms with E-state index in [1.807, 2.05) is 42.0 Å². The fraction of sp³-hybridized carbons (Fsp3) is 0.238. The zero-order chi connectivity index (χ0) is 19.3. The van der Waals surface area contributed by atoms with Gasteiger partial charge in [0.25, 0.3) is 0 Å². The van der Waals surface area contributed by atoms with Gasteiger partial charge in [0.2, 0.25) is 5.91 Å². The van der Waals surface area contributed by atoms with Crippen molar-refractivity contribution in [2.45, 2.75) is 17.7 Å². The second kappa shape index (κ2) is 8.67. The molecule has 0 atom stereocenters. The van der Waals surface area contributed by atoms with Gasteiger partial charge in [-0.2, -0.15) is 0 Å². The van der Waals surface area contributed by atoms with E-state index in [0.29, 0.717) is 19.0 Å². The van der Waals surface area contributed by atoms with Crippen LogP contribution in [-0.4, -0.2) is 30.4 Å². The molecular formula is C21H20N2O3S2. The quantitative estimate of drug-likeness (QED) is 0.608. The summed E-state index contributed by atoms with van der Waals surface area (Å²) in [5, 5.41) is 5.96. The lowest BCUT2D eigenvalue weighted by molar-refractivity contribution is -0.115. The summed E-state index contributed by atoms with van der Waals surface area (Å²) in [5.41, 5.74) is 2.74. The molecular weight excluding hydrogens is 392 g/mol. The molecule has 0 unspecified atom stereocenters. The number of hydrogen-bond acceptors (Lipinski definition) is 6. The monoisotopic (exact) mass is 412 g/mol. The largest absolute Gasteiger partial charge is 0.486 e. The Kier molecular flexibility index (Phi) is 5.83. The number of carbonyl (C=O) groups is 1. The third-order valence-electron chi connectivity index (χ3n) is 4.28. The van der Waals surface area contributed by atoms with Crippen molar-refractivity contribution in [2.24, 2.45) is 0 Å². The maximum atomic E-state index is 12.6. The molecule has 3 aromatic rings. The van der Waals surface area contributed by atoms with Gasteiger partial charge in [-0.1, -0.05) is 30.3 Å². The van der Waals surface area contributed by atoms with Crippen molar-refractivity contribution >= 4 is 34.7 Å². The number of rotatable bonds is 6. The molecule has 2 heterocycles. The number of ether oxygens (including phenoxy) is 2. The van der Waals surface area contributed by atoms with E-state index in [4.69, 9.17) is 9.47 Å². The van der Waals surface area contributed by atoms with Crippen LogP contribution in [0.25, 0.3) is 0 Å². The van der Waals surface area contributed by atoms with Gasteiger partial charge in [0, 0.05) is 22.8 Å². The van der Waals surface area contributed by atoms with Crippen LogP contribution in [0.1, 0.15) is 16.3 Å². The summed E-state index contributed by atoms with van der Waals surface area (Å²) in [4.78, 5) is 18.1. The zero-order valence-electron chi connectivity index (χ0n) is 15.4. The Morgan fingerprint density at radius 1 is 1.18 bits per heavy atom. The second-order valence-electron chi connectivity index (χ2n) is 6.32. The molecule has 0 spiro atoms. The van der Waals surface area contributed by atoms with E-state index >= 15 is 0 Å². The second-order valence-corrected chi connectivity index (χ2v) is 8.11. The molecule has 1 N–H and O–H groups in total. The molecule has 1 aliphatic heterocycles. The van der Waals surface area contributed by atoms with Gasteiger partial charge in [0.05, 0.1) is 22.8 Å². The van der Waals surface area contributed by atoms with Crippen LogP contribution in [0.4, 0.5) is 5.69 Å². The average Bonchev–Trinajstić information content (AvgIpc) is 3.14. The fourth-order valence-electron chi connectivity index (χ4n) is 2.98. The number of benzene rings is 2. The van der Waals surface area contributed by atoms with Crippen molar-refractivity contribution in [3.05, 3.63) is 64.1 Å². The van der Waals surface area contributed by atoms with E-state index in [-0.39, 0.29) is 12.3 Å². The maximum absolute atomic E-state index is 12.6. The summed E-state index contributed by atoms with van der Waals surface area (Å²) in [5.74, 6) is 1.29. The van der Waals surface area contributed by atoms with Crippen LogP contribution in [0.2, 0.25) is 0 Å². The van der Waals surface area contributed by atoms with Gasteiger partial charge in [-0.3, -0.25) is 4.79 Å². The highest BCUT2D eigenvalue weighted by molar-refractivity contribution is 7.98. The van der Waals surface area contributed by atoms with E-state index in [1.54, 1.807) is 23.1 Å². The Balaban J connectivity index is 1.42. The van der Waals surface area contributed by atoms with Crippen LogP contribution in [0.5, 0.6) is 11.5 Å². The van der Waals surface area contributed by atoms with E-state index in [2.05, 4.69) is 22.4 Å². The number of thioether (sulfide) groups is 1. The topological polar surface area (TPSA) is 60.5 Å². The van der Waals surface area contributed by atoms with Gasteiger partial charge in [0.15, 0.2) is 11.5 Å². The van der Waals surface area contributed by atoms with Gasteiger partial charge in [-0.05, 0) is 17.9 Å². The minimum atomic E-state index is -0.0939. The number of anilines is 1. The van der Waals surface area contributed by atoms with Crippen LogP contribution >= 0.6 is 23.1 Å². The van der Waals surface area contributed by atoms with Gasteiger partial charge in [-0.25, -0.2) is 4.98 Å². The third kappa shape index (κ3) is 4.48. The lowest BCUT2D eigenvalue weighted by Crippen LogP contribution is -2.18. The lowest BCUT2D eigenvalue weighted by Gasteiger charge is -2.20. The van der Waals surface area contributed by atoms with Gasteiger partial charge in [-0.15, -0.1) is 23.1 Å². The molecule has 0 radical (unpaired) electrons. The molecule has 0 saturated carbocycles. The van der Waals surface area contributed by atoms with Crippen molar-refractivity contribution in [3.63, 3.8) is 0 Å². The highest BCUT2D eigenvalue weighted by atomic mass is 32.2. The first-order valence-electron chi connectivity index (χ1n) is 8.96. The Morgan fingerprint density at radius 3 is 2.68 bits per heavy atom. The summed E-state index contributed by atoms with van der Waals surface area (Å²) < 4.78 is 11.2. The number of nitrogens with one attached hydrogen (secondary N) is 1. The molecule has 4 rings (SSSR count). The van der Waals surface area contributed by atoms with Crippen molar-refractivity contribution < 1.29 is 14.3 Å². The van der Waals surface area contributed by atoms with Crippen molar-refractivity contribution in [2.75, 3.05) is 24.8 Å². The first-order valence-corrected chi connectivity index (χ1v) is 11.1. The van der Waals surface area contributed by atoms with Gasteiger partial charge >= 0.3 is 0 Å². The van der Waals surface area contributed by atoms with Crippen LogP contribution in [-0.2, 0) is 17.6 Å². The number of thiazole rings is 1. The molecule has 7 heteroatoms. The smallest absolute Gasteiger partial charge is 0.230 e. The molecule has 0 bridgehead atoms. The number of carbonyl (C=O) groups excluding carboxylic acids is 1. The standard InChI is InChI=1S/C21H20N2O3S2/c1-27-19-12-18-17(25-7-8-26-18)11-16(19)23-20(24)10-15-13-28-21(22-15)9-14-5-3-2-4-6-14/h2-6,11-13H,7-10H2,1H3,(H,23,24). The average molecular weight is 413 g/mol. The van der Waals surface area contributed by atoms with Crippen molar-refractivity contribution in [1.82, 2.24) is 4.98 Å². The summed E-state index contributed by atoms with van der Waals surface area (Å²) in [6.07, 6.45) is 3.00. The third-order valence-corrected chi connectivity index (χ3v) is 5.95. The summed E-state index contributed by atoms with van der Waals surface area (Å²) in [6.45, 7) is 1.06. The highest BCUT2D eigenvalue weighted by Crippen LogP contribution is 2.39. The number of amides is 1. The maximum Gasteiger partial charge on any atom is 0.230 e. The minimum Gasteiger partial charge on any atom is -0.486 e. The van der Waals surface area contributed by atoms with Crippen molar-refractivity contribution in [1.29, 1.82) is 0 Å². The summed E-state index contributed by atoms with van der Waals surface area (Å²) >= 11 is 3.15. The number of nitrogens with zero attached hydrogens (tertiary/aromatic N) is 1. The molecule has 1 aromatic heterocycles. The number of fused-ring (bicyclic) bond motifs is 1. The summed E-state index contributed by atoms with van der Waals surface area (Å²) in [6, 6.07) is 14.0. The van der Waals surface area contributed by atoms with Crippen LogP contribution < -0.4 is 14.8 Å². The van der Waals surface area contributed by atoms with Crippen molar-refractivity contribution in [3.8, 4) is 11.5 Å². The van der Waals surface area contributed by atoms with E-state index in [0.717, 1.165) is 33.5 Å². The molecule has 0 aliphatic carbocycles. The van der Waals surface area contributed by atoms with Crippen LogP contribution in [0, 0.1) is 0 Å².